The molecule has 27 heavy (non-hydrogen) atoms. The Morgan fingerprint density at radius 1 is 1.07 bits per heavy atom. The second kappa shape index (κ2) is 9.16. The molecule has 0 radical (unpaired) electrons. The zero-order chi connectivity index (χ0) is 19.1. The molecule has 3 rings (SSSR count). The molecule has 0 spiro atoms. The van der Waals surface area contributed by atoms with Crippen LogP contribution in [0.5, 0.6) is 5.75 Å². The zero-order valence-corrected chi connectivity index (χ0v) is 15.0. The number of nitrogens with one attached hydrogen (secondary N) is 1. The van der Waals surface area contributed by atoms with E-state index in [0.717, 1.165) is 32.8 Å². The van der Waals surface area contributed by atoms with Crippen LogP contribution >= 0.6 is 0 Å². The van der Waals surface area contributed by atoms with Gasteiger partial charge in [0, 0.05) is 25.3 Å². The number of ether oxygens (including phenoxy) is 2. The number of carbonyl (C=O) groups excluding carboxylic acids is 2. The van der Waals surface area contributed by atoms with Crippen molar-refractivity contribution in [3.8, 4) is 5.75 Å². The summed E-state index contributed by atoms with van der Waals surface area (Å²) in [6, 6.07) is 14.3. The van der Waals surface area contributed by atoms with E-state index in [2.05, 4.69) is 10.2 Å². The van der Waals surface area contributed by atoms with Crippen LogP contribution in [0.15, 0.2) is 48.5 Å². The predicted octanol–water partition coefficient (Wildman–Crippen LogP) is 1.64. The first-order chi connectivity index (χ1) is 13.1. The molecule has 0 atom stereocenters. The monoisotopic (exact) mass is 369 g/mol. The molecule has 7 nitrogen and oxygen atoms in total. The molecule has 1 fully saturated rings. The van der Waals surface area contributed by atoms with Crippen LogP contribution in [0.2, 0.25) is 0 Å². The molecule has 0 aliphatic carbocycles. The fraction of sp³-hybridized carbons (Fsp3) is 0.300. The van der Waals surface area contributed by atoms with Gasteiger partial charge in [0.2, 0.25) is 0 Å². The molecule has 0 bridgehead atoms. The molecular formula is C20H23N3O4. The van der Waals surface area contributed by atoms with Crippen molar-refractivity contribution in [2.45, 2.75) is 6.54 Å². The highest BCUT2D eigenvalue weighted by atomic mass is 16.5. The SMILES string of the molecule is NC(=O)c1ccccc1OCC(=O)Nc1ccc(CN2CCOCC2)cc1. The van der Waals surface area contributed by atoms with Crippen LogP contribution in [0.25, 0.3) is 0 Å². The van der Waals surface area contributed by atoms with Crippen LogP contribution in [0.4, 0.5) is 5.69 Å². The smallest absolute Gasteiger partial charge is 0.262 e. The van der Waals surface area contributed by atoms with Crippen LogP contribution in [-0.2, 0) is 16.1 Å². The van der Waals surface area contributed by atoms with Crippen LogP contribution in [0, 0.1) is 0 Å². The molecule has 1 heterocycles. The maximum atomic E-state index is 12.1. The molecule has 0 aromatic heterocycles. The standard InChI is InChI=1S/C20H23N3O4/c21-20(25)17-3-1-2-4-18(17)27-14-19(24)22-16-7-5-15(6-8-16)13-23-9-11-26-12-10-23/h1-8H,9-14H2,(H2,21,25)(H,22,24). The van der Waals surface area contributed by atoms with Crippen molar-refractivity contribution in [2.24, 2.45) is 5.73 Å². The number of carbonyl (C=O) groups is 2. The lowest BCUT2D eigenvalue weighted by atomic mass is 10.2. The number of hydrogen-bond donors (Lipinski definition) is 2. The van der Waals surface area contributed by atoms with E-state index >= 15 is 0 Å². The molecule has 0 unspecified atom stereocenters. The molecule has 1 aliphatic rings. The second-order valence-corrected chi connectivity index (χ2v) is 6.28. The summed E-state index contributed by atoms with van der Waals surface area (Å²) in [5, 5.41) is 2.78. The summed E-state index contributed by atoms with van der Waals surface area (Å²) in [4.78, 5) is 25.8. The normalized spacial score (nSPS) is 14.5. The Bertz CT molecular complexity index is 786. The summed E-state index contributed by atoms with van der Waals surface area (Å²) in [6.07, 6.45) is 0. The van der Waals surface area contributed by atoms with Crippen LogP contribution in [-0.4, -0.2) is 49.6 Å². The number of rotatable bonds is 7. The van der Waals surface area contributed by atoms with Crippen LogP contribution < -0.4 is 15.8 Å². The molecule has 2 amide bonds. The van der Waals surface area contributed by atoms with Gasteiger partial charge in [-0.2, -0.15) is 0 Å². The number of primary amides is 1. The average molecular weight is 369 g/mol. The zero-order valence-electron chi connectivity index (χ0n) is 15.0. The van der Waals surface area contributed by atoms with E-state index in [0.29, 0.717) is 11.4 Å². The number of hydrogen-bond acceptors (Lipinski definition) is 5. The van der Waals surface area contributed by atoms with Gasteiger partial charge in [-0.25, -0.2) is 0 Å². The number of para-hydroxylation sites is 1. The molecule has 1 saturated heterocycles. The van der Waals surface area contributed by atoms with Crippen molar-refractivity contribution < 1.29 is 19.1 Å². The first-order valence-electron chi connectivity index (χ1n) is 8.82. The third-order valence-corrected chi connectivity index (χ3v) is 4.26. The van der Waals surface area contributed by atoms with Gasteiger partial charge < -0.3 is 20.5 Å². The number of amides is 2. The quantitative estimate of drug-likeness (QED) is 0.774. The number of nitrogens with zero attached hydrogens (tertiary/aromatic N) is 1. The van der Waals surface area contributed by atoms with E-state index < -0.39 is 5.91 Å². The van der Waals surface area contributed by atoms with E-state index in [1.54, 1.807) is 24.3 Å². The van der Waals surface area contributed by atoms with Crippen molar-refractivity contribution in [3.63, 3.8) is 0 Å². The number of benzene rings is 2. The van der Waals surface area contributed by atoms with Gasteiger partial charge in [0.15, 0.2) is 6.61 Å². The van der Waals surface area contributed by atoms with Crippen LogP contribution in [0.3, 0.4) is 0 Å². The molecule has 142 valence electrons. The number of nitrogens with two attached hydrogens (primary N) is 1. The highest BCUT2D eigenvalue weighted by molar-refractivity contribution is 5.96. The van der Waals surface area contributed by atoms with Gasteiger partial charge in [-0.15, -0.1) is 0 Å². The van der Waals surface area contributed by atoms with E-state index in [4.69, 9.17) is 15.2 Å². The van der Waals surface area contributed by atoms with E-state index in [9.17, 15) is 9.59 Å². The van der Waals surface area contributed by atoms with Gasteiger partial charge in [-0.1, -0.05) is 24.3 Å². The maximum Gasteiger partial charge on any atom is 0.262 e. The maximum absolute atomic E-state index is 12.1. The molecular weight excluding hydrogens is 346 g/mol. The van der Waals surface area contributed by atoms with Crippen molar-refractivity contribution in [1.29, 1.82) is 0 Å². The summed E-state index contributed by atoms with van der Waals surface area (Å²) >= 11 is 0. The second-order valence-electron chi connectivity index (χ2n) is 6.28. The summed E-state index contributed by atoms with van der Waals surface area (Å²) in [7, 11) is 0. The Morgan fingerprint density at radius 2 is 1.78 bits per heavy atom. The minimum atomic E-state index is -0.595. The van der Waals surface area contributed by atoms with Crippen molar-refractivity contribution in [3.05, 3.63) is 59.7 Å². The molecule has 1 aliphatic heterocycles. The van der Waals surface area contributed by atoms with Gasteiger partial charge in [0.1, 0.15) is 5.75 Å². The number of anilines is 1. The average Bonchev–Trinajstić information content (AvgIpc) is 2.69. The summed E-state index contributed by atoms with van der Waals surface area (Å²) < 4.78 is 10.8. The minimum absolute atomic E-state index is 0.209. The predicted molar refractivity (Wildman–Crippen MR) is 102 cm³/mol. The van der Waals surface area contributed by atoms with E-state index in [1.807, 2.05) is 24.3 Å². The number of morpholine rings is 1. The Labute approximate surface area is 158 Å². The van der Waals surface area contributed by atoms with Gasteiger partial charge in [0.05, 0.1) is 18.8 Å². The Kier molecular flexibility index (Phi) is 6.40. The first kappa shape index (κ1) is 18.9. The van der Waals surface area contributed by atoms with Gasteiger partial charge >= 0.3 is 0 Å². The molecule has 2 aromatic carbocycles. The Morgan fingerprint density at radius 3 is 2.48 bits per heavy atom. The van der Waals surface area contributed by atoms with Crippen LogP contribution in [0.1, 0.15) is 15.9 Å². The molecule has 2 aromatic rings. The Hall–Kier alpha value is -2.90. The third-order valence-electron chi connectivity index (χ3n) is 4.26. The van der Waals surface area contributed by atoms with Crippen molar-refractivity contribution in [1.82, 2.24) is 4.90 Å². The van der Waals surface area contributed by atoms with E-state index in [-0.39, 0.29) is 18.1 Å². The topological polar surface area (TPSA) is 93.9 Å². The lowest BCUT2D eigenvalue weighted by molar-refractivity contribution is -0.118. The lowest BCUT2D eigenvalue weighted by Gasteiger charge is -2.26. The molecule has 0 saturated carbocycles. The molecule has 3 N–H and O–H groups in total. The minimum Gasteiger partial charge on any atom is -0.483 e. The first-order valence-corrected chi connectivity index (χ1v) is 8.82. The molecule has 7 heteroatoms. The largest absolute Gasteiger partial charge is 0.483 e. The van der Waals surface area contributed by atoms with E-state index in [1.165, 1.54) is 5.56 Å². The summed E-state index contributed by atoms with van der Waals surface area (Å²) in [6.45, 7) is 4.07. The van der Waals surface area contributed by atoms with Gasteiger partial charge in [-0.3, -0.25) is 14.5 Å². The van der Waals surface area contributed by atoms with Gasteiger partial charge in [0.25, 0.3) is 11.8 Å². The van der Waals surface area contributed by atoms with Crippen molar-refractivity contribution in [2.75, 3.05) is 38.2 Å². The fourth-order valence-electron chi connectivity index (χ4n) is 2.85. The van der Waals surface area contributed by atoms with Crippen molar-refractivity contribution >= 4 is 17.5 Å². The highest BCUT2D eigenvalue weighted by Gasteiger charge is 2.12. The Balaban J connectivity index is 1.50. The summed E-state index contributed by atoms with van der Waals surface area (Å²) in [5.74, 6) is -0.613. The third kappa shape index (κ3) is 5.54. The highest BCUT2D eigenvalue weighted by Crippen LogP contribution is 2.17. The van der Waals surface area contributed by atoms with Gasteiger partial charge in [-0.05, 0) is 29.8 Å². The lowest BCUT2D eigenvalue weighted by Crippen LogP contribution is -2.35. The fourth-order valence-corrected chi connectivity index (χ4v) is 2.85. The summed E-state index contributed by atoms with van der Waals surface area (Å²) in [5.41, 5.74) is 7.42.